The summed E-state index contributed by atoms with van der Waals surface area (Å²) in [5, 5.41) is 20.3. The van der Waals surface area contributed by atoms with Crippen LogP contribution < -0.4 is 27.0 Å². The third-order valence-corrected chi connectivity index (χ3v) is 8.89. The predicted molar refractivity (Wildman–Crippen MR) is 210 cm³/mol. The molecule has 0 unspecified atom stereocenters. The molecule has 292 valence electrons. The van der Waals surface area contributed by atoms with Crippen LogP contribution in [0.5, 0.6) is 0 Å². The molecule has 0 aliphatic heterocycles. The molecule has 14 nitrogen and oxygen atoms in total. The van der Waals surface area contributed by atoms with Crippen molar-refractivity contribution in [3.8, 4) is 0 Å². The number of aromatic amines is 1. The lowest BCUT2D eigenvalue weighted by Gasteiger charge is -2.27. The number of para-hydroxylation sites is 1. The molecular weight excluding hydrogens is 716 g/mol. The van der Waals surface area contributed by atoms with Crippen LogP contribution in [0.15, 0.2) is 103 Å². The second-order valence-corrected chi connectivity index (χ2v) is 14.4. The average molecular weight is 764 g/mol. The van der Waals surface area contributed by atoms with Crippen LogP contribution in [0.3, 0.4) is 0 Å². The summed E-state index contributed by atoms with van der Waals surface area (Å²) < 4.78 is 14.2. The number of benzene rings is 4. The van der Waals surface area contributed by atoms with Crippen LogP contribution in [0, 0.1) is 0 Å². The summed E-state index contributed by atoms with van der Waals surface area (Å²) in [6.45, 7) is 4.86. The molecule has 1 heterocycles. The summed E-state index contributed by atoms with van der Waals surface area (Å²) in [6, 6.07) is 23.0. The molecule has 8 N–H and O–H groups in total. The van der Waals surface area contributed by atoms with Crippen LogP contribution in [-0.4, -0.2) is 75.6 Å². The van der Waals surface area contributed by atoms with E-state index in [2.05, 4.69) is 20.9 Å². The molecule has 4 atom stereocenters. The van der Waals surface area contributed by atoms with Gasteiger partial charge in [-0.2, -0.15) is 0 Å². The van der Waals surface area contributed by atoms with E-state index >= 15 is 0 Å². The minimum atomic E-state index is -1.69. The van der Waals surface area contributed by atoms with Crippen molar-refractivity contribution < 1.29 is 40.0 Å². The Balaban J connectivity index is 1.46. The number of amides is 5. The quantitative estimate of drug-likeness (QED) is 0.0784. The Morgan fingerprint density at radius 2 is 1.30 bits per heavy atom. The highest BCUT2D eigenvalue weighted by Crippen LogP contribution is 2.21. The molecule has 56 heavy (non-hydrogen) atoms. The molecular formula is C42H46N6O8. The summed E-state index contributed by atoms with van der Waals surface area (Å²) in [5.41, 5.74) is 7.25. The van der Waals surface area contributed by atoms with Crippen molar-refractivity contribution in [1.29, 1.82) is 0 Å². The smallest absolute Gasteiger partial charge is 0.408 e. The first kappa shape index (κ1) is 39.0. The second-order valence-electron chi connectivity index (χ2n) is 14.4. The van der Waals surface area contributed by atoms with E-state index in [0.717, 1.165) is 21.7 Å². The zero-order chi connectivity index (χ0) is 41.3. The van der Waals surface area contributed by atoms with Crippen LogP contribution in [0.1, 0.15) is 43.9 Å². The third kappa shape index (κ3) is 11.4. The van der Waals surface area contributed by atoms with Gasteiger partial charge in [-0.15, -0.1) is 0 Å². The lowest BCUT2D eigenvalue weighted by atomic mass is 9.99. The summed E-state index contributed by atoms with van der Waals surface area (Å²) in [5.74, 6) is -5.11. The minimum absolute atomic E-state index is 0.00931. The number of aliphatic carboxylic acids is 1. The zero-order valence-corrected chi connectivity index (χ0v) is 31.3. The van der Waals surface area contributed by atoms with Crippen LogP contribution >= 0.6 is 0 Å². The predicted octanol–water partition coefficient (Wildman–Crippen LogP) is 3.66. The Morgan fingerprint density at radius 3 is 2.00 bits per heavy atom. The van der Waals surface area contributed by atoms with E-state index in [-0.39, 0.29) is 19.3 Å². The van der Waals surface area contributed by atoms with Gasteiger partial charge in [0, 0.05) is 36.4 Å². The molecule has 1 aromatic heterocycles. The highest BCUT2D eigenvalue weighted by atomic mass is 16.6. The fourth-order valence-corrected chi connectivity index (χ4v) is 6.20. The molecule has 0 saturated carbocycles. The number of rotatable bonds is 16. The number of aromatic nitrogens is 1. The highest BCUT2D eigenvalue weighted by Gasteiger charge is 2.33. The van der Waals surface area contributed by atoms with Gasteiger partial charge in [-0.05, 0) is 54.3 Å². The zero-order valence-electron chi connectivity index (χ0n) is 32.3. The van der Waals surface area contributed by atoms with Crippen LogP contribution in [0.2, 0.25) is 1.41 Å². The van der Waals surface area contributed by atoms with Gasteiger partial charge >= 0.3 is 12.1 Å². The maximum atomic E-state index is 14.3. The number of carboxylic acid groups (broad SMARTS) is 1. The average Bonchev–Trinajstić information content (AvgIpc) is 3.57. The molecule has 0 saturated heterocycles. The van der Waals surface area contributed by atoms with Crippen molar-refractivity contribution in [2.75, 3.05) is 0 Å². The number of primary amides is 1. The van der Waals surface area contributed by atoms with Crippen LogP contribution in [0.25, 0.3) is 21.7 Å². The van der Waals surface area contributed by atoms with Crippen molar-refractivity contribution in [2.45, 2.75) is 76.2 Å². The summed E-state index contributed by atoms with van der Waals surface area (Å²) in [6.07, 6.45) is -0.576. The first-order chi connectivity index (χ1) is 27.1. The lowest BCUT2D eigenvalue weighted by molar-refractivity contribution is -0.141. The topological polar surface area (TPSA) is 222 Å². The minimum Gasteiger partial charge on any atom is -0.481 e. The molecule has 14 heteroatoms. The molecule has 0 bridgehead atoms. The number of carboxylic acids is 1. The first-order valence-electron chi connectivity index (χ1n) is 18.5. The number of carbonyl (C=O) groups excluding carboxylic acids is 5. The van der Waals surface area contributed by atoms with E-state index in [9.17, 15) is 33.9 Å². The van der Waals surface area contributed by atoms with E-state index in [1.165, 1.54) is 0 Å². The summed E-state index contributed by atoms with van der Waals surface area (Å²) in [4.78, 5) is 82.8. The number of nitrogens with one attached hydrogen (secondary N) is 5. The molecule has 0 aliphatic carbocycles. The van der Waals surface area contributed by atoms with Crippen molar-refractivity contribution in [3.05, 3.63) is 120 Å². The van der Waals surface area contributed by atoms with Crippen molar-refractivity contribution in [2.24, 2.45) is 5.73 Å². The molecule has 5 rings (SSSR count). The lowest BCUT2D eigenvalue weighted by Crippen LogP contribution is -2.59. The highest BCUT2D eigenvalue weighted by molar-refractivity contribution is 5.97. The van der Waals surface area contributed by atoms with Crippen molar-refractivity contribution >= 4 is 57.4 Å². The molecule has 5 aromatic rings. The van der Waals surface area contributed by atoms with Gasteiger partial charge in [0.2, 0.25) is 23.6 Å². The Labute approximate surface area is 325 Å². The van der Waals surface area contributed by atoms with Crippen molar-refractivity contribution in [1.82, 2.24) is 26.2 Å². The SMILES string of the molecule is [2H]N(C(=O)OC(C)(C)C)[C@@H](Cc1c[nH]c2ccccc12)C(=O)N[C@@H](Cc1ccc2ccccc2c1)C(=O)N[C@@H](CC(=O)O)C(=O)N[C@@H](Cc1ccccc1)C(N)=O. The second kappa shape index (κ2) is 18.1. The number of fused-ring (bicyclic) bond motifs is 2. The maximum absolute atomic E-state index is 14.3. The van der Waals surface area contributed by atoms with Gasteiger partial charge in [0.1, 0.15) is 29.8 Å². The van der Waals surface area contributed by atoms with E-state index in [1.807, 2.05) is 60.7 Å². The van der Waals surface area contributed by atoms with Gasteiger partial charge in [-0.1, -0.05) is 91.0 Å². The molecule has 0 fully saturated rings. The molecule has 5 amide bonds. The van der Waals surface area contributed by atoms with Gasteiger partial charge in [0.05, 0.1) is 6.42 Å². The number of carbonyl (C=O) groups is 6. The first-order valence-corrected chi connectivity index (χ1v) is 18.1. The third-order valence-electron chi connectivity index (χ3n) is 8.89. The molecule has 4 aromatic carbocycles. The van der Waals surface area contributed by atoms with Gasteiger partial charge < -0.3 is 41.8 Å². The Morgan fingerprint density at radius 1 is 0.714 bits per heavy atom. The number of hydrogen-bond acceptors (Lipinski definition) is 7. The van der Waals surface area contributed by atoms with Crippen LogP contribution in [-0.2, 0) is 48.0 Å². The monoisotopic (exact) mass is 763 g/mol. The Bertz CT molecular complexity index is 2260. The molecule has 0 spiro atoms. The largest absolute Gasteiger partial charge is 0.481 e. The number of H-pyrrole nitrogens is 1. The van der Waals surface area contributed by atoms with E-state index in [0.29, 0.717) is 22.0 Å². The standard InChI is InChI=1S/C42H46N6O8/c1-42(2,3)56-41(55)48-34(22-29-24-44-31-16-10-9-15-30(29)31)39(53)46-33(21-26-17-18-27-13-7-8-14-28(27)19-26)38(52)47-35(23-36(49)50)40(54)45-32(37(43)51)20-25-11-5-4-6-12-25/h4-19,24,32-35,44H,20-23H2,1-3H3,(H2,43,51)(H,45,54)(H,46,53)(H,47,52)(H,48,55)(H,49,50)/t32-,33-,34-,35-/m0/s1/i/hD. The van der Waals surface area contributed by atoms with E-state index < -0.39 is 71.9 Å². The number of nitrogens with two attached hydrogens (primary N) is 1. The number of ether oxygens (including phenoxy) is 1. The van der Waals surface area contributed by atoms with Crippen LogP contribution in [0.4, 0.5) is 4.79 Å². The van der Waals surface area contributed by atoms with E-state index in [1.54, 1.807) is 63.4 Å². The van der Waals surface area contributed by atoms with Gasteiger partial charge in [0.15, 0.2) is 1.41 Å². The number of hydrogen-bond donors (Lipinski definition) is 7. The summed E-state index contributed by atoms with van der Waals surface area (Å²) in [7, 11) is 0. The van der Waals surface area contributed by atoms with Crippen molar-refractivity contribution in [3.63, 3.8) is 0 Å². The normalized spacial score (nSPS) is 13.7. The Hall–Kier alpha value is -6.70. The van der Waals surface area contributed by atoms with E-state index in [4.69, 9.17) is 11.9 Å². The molecule has 0 aliphatic rings. The van der Waals surface area contributed by atoms with Gasteiger partial charge in [-0.25, -0.2) is 4.79 Å². The number of alkyl carbamates (subject to hydrolysis) is 1. The molecule has 0 radical (unpaired) electrons. The fraction of sp³-hybridized carbons (Fsp3) is 0.286. The maximum Gasteiger partial charge on any atom is 0.408 e. The van der Waals surface area contributed by atoms with Gasteiger partial charge in [-0.3, -0.25) is 24.0 Å². The van der Waals surface area contributed by atoms with Gasteiger partial charge in [0.25, 0.3) is 0 Å². The fourth-order valence-electron chi connectivity index (χ4n) is 6.20. The Kier molecular flexibility index (Phi) is 12.6. The summed E-state index contributed by atoms with van der Waals surface area (Å²) >= 11 is 0.